The van der Waals surface area contributed by atoms with Crippen molar-refractivity contribution in [1.82, 2.24) is 15.1 Å². The van der Waals surface area contributed by atoms with Gasteiger partial charge in [-0.1, -0.05) is 0 Å². The molecule has 0 atom stereocenters. The van der Waals surface area contributed by atoms with Crippen molar-refractivity contribution in [3.8, 4) is 6.07 Å². The number of hydrogen-bond donors (Lipinski definition) is 1. The summed E-state index contributed by atoms with van der Waals surface area (Å²) in [5, 5.41) is 24.3. The van der Waals surface area contributed by atoms with E-state index in [1.807, 2.05) is 0 Å². The Hall–Kier alpha value is -2.19. The lowest BCUT2D eigenvalue weighted by atomic mass is 10.5. The number of nitrogens with zero attached hydrogens (tertiary/aromatic N) is 4. The Morgan fingerprint density at radius 2 is 2.32 bits per heavy atom. The third-order valence-electron chi connectivity index (χ3n) is 1.82. The Morgan fingerprint density at radius 1 is 1.68 bits per heavy atom. The van der Waals surface area contributed by atoms with Crippen LogP contribution in [0.2, 0.25) is 0 Å². The normalized spacial score (nSPS) is 10.7. The Labute approximate surface area is 111 Å². The van der Waals surface area contributed by atoms with Crippen molar-refractivity contribution in [2.45, 2.75) is 11.4 Å². The first-order chi connectivity index (χ1) is 8.75. The molecule has 1 amide bonds. The van der Waals surface area contributed by atoms with Crippen LogP contribution in [0.1, 0.15) is 0 Å². The summed E-state index contributed by atoms with van der Waals surface area (Å²) >= 11 is 0. The molecule has 10 nitrogen and oxygen atoms in total. The van der Waals surface area contributed by atoms with Crippen LogP contribution in [-0.4, -0.2) is 35.6 Å². The molecular weight excluding hydrogens is 302 g/mol. The largest absolute Gasteiger partial charge is 0.410 e. The molecule has 0 unspecified atom stereocenters. The highest BCUT2D eigenvalue weighted by Gasteiger charge is 2.30. The first-order valence-corrected chi connectivity index (χ1v) is 6.86. The van der Waals surface area contributed by atoms with Gasteiger partial charge in [-0.05, 0) is 4.92 Å². The van der Waals surface area contributed by atoms with Crippen molar-refractivity contribution in [1.29, 1.82) is 5.26 Å². The zero-order chi connectivity index (χ0) is 14.6. The monoisotopic (exact) mass is 307 g/mol. The fourth-order valence-corrected chi connectivity index (χ4v) is 2.02. The van der Waals surface area contributed by atoms with Crippen LogP contribution in [-0.2, 0) is 20.4 Å². The summed E-state index contributed by atoms with van der Waals surface area (Å²) in [5.41, 5.74) is 0. The highest BCUT2D eigenvalue weighted by molar-refractivity contribution is 8.13. The predicted octanol–water partition coefficient (Wildman–Crippen LogP) is -0.641. The van der Waals surface area contributed by atoms with E-state index in [9.17, 15) is 23.3 Å². The Morgan fingerprint density at radius 3 is 2.74 bits per heavy atom. The van der Waals surface area contributed by atoms with Gasteiger partial charge in [0.1, 0.15) is 13.1 Å². The molecule has 19 heavy (non-hydrogen) atoms. The van der Waals surface area contributed by atoms with E-state index in [2.05, 4.69) is 10.4 Å². The fraction of sp³-hybridized carbons (Fsp3) is 0.286. The number of rotatable bonds is 5. The maximum absolute atomic E-state index is 11.2. The smallest absolute Gasteiger partial charge is 0.358 e. The Balaban J connectivity index is 3.03. The number of carbonyl (C=O) groups is 1. The summed E-state index contributed by atoms with van der Waals surface area (Å²) in [5.74, 6) is -1.62. The van der Waals surface area contributed by atoms with Crippen LogP contribution >= 0.6 is 10.7 Å². The molecule has 1 aromatic rings. The van der Waals surface area contributed by atoms with E-state index < -0.39 is 37.1 Å². The third kappa shape index (κ3) is 3.90. The van der Waals surface area contributed by atoms with Gasteiger partial charge in [0.25, 0.3) is 9.05 Å². The molecule has 12 heteroatoms. The maximum Gasteiger partial charge on any atom is 0.410 e. The number of nitro groups is 1. The predicted molar refractivity (Wildman–Crippen MR) is 60.5 cm³/mol. The molecule has 0 saturated heterocycles. The van der Waals surface area contributed by atoms with E-state index in [1.165, 1.54) is 0 Å². The SMILES string of the molecule is N#CCNC(=O)Cn1cc(S(=O)(=O)Cl)c([N+](=O)[O-])n1. The summed E-state index contributed by atoms with van der Waals surface area (Å²) < 4.78 is 22.9. The Kier molecular flexibility index (Phi) is 4.41. The number of nitrogens with one attached hydrogen (secondary N) is 1. The molecule has 102 valence electrons. The molecule has 0 radical (unpaired) electrons. The molecule has 0 spiro atoms. The van der Waals surface area contributed by atoms with Crippen LogP contribution in [0, 0.1) is 21.4 Å². The lowest BCUT2D eigenvalue weighted by Crippen LogP contribution is -2.27. The second-order valence-corrected chi connectivity index (χ2v) is 5.68. The first-order valence-electron chi connectivity index (χ1n) is 4.56. The van der Waals surface area contributed by atoms with Crippen LogP contribution in [0.3, 0.4) is 0 Å². The molecule has 0 aliphatic rings. The van der Waals surface area contributed by atoms with Crippen molar-refractivity contribution >= 4 is 31.5 Å². The number of amides is 1. The van der Waals surface area contributed by atoms with Crippen molar-refractivity contribution in [3.63, 3.8) is 0 Å². The number of hydrogen-bond acceptors (Lipinski definition) is 7. The summed E-state index contributed by atoms with van der Waals surface area (Å²) in [4.78, 5) is 20.0. The lowest BCUT2D eigenvalue weighted by molar-refractivity contribution is -0.392. The molecule has 0 fully saturated rings. The van der Waals surface area contributed by atoms with Crippen LogP contribution in [0.4, 0.5) is 5.82 Å². The third-order valence-corrected chi connectivity index (χ3v) is 3.13. The first kappa shape index (κ1) is 14.9. The van der Waals surface area contributed by atoms with Crippen LogP contribution in [0.5, 0.6) is 0 Å². The van der Waals surface area contributed by atoms with Crippen LogP contribution in [0.25, 0.3) is 0 Å². The van der Waals surface area contributed by atoms with Crippen molar-refractivity contribution in [3.05, 3.63) is 16.3 Å². The molecular formula is C7H6ClN5O5S. The second kappa shape index (κ2) is 5.63. The van der Waals surface area contributed by atoms with E-state index >= 15 is 0 Å². The van der Waals surface area contributed by atoms with Gasteiger partial charge in [-0.15, -0.1) is 0 Å². The second-order valence-electron chi connectivity index (χ2n) is 3.14. The zero-order valence-corrected chi connectivity index (χ0v) is 10.7. The van der Waals surface area contributed by atoms with Gasteiger partial charge in [-0.2, -0.15) is 9.94 Å². The maximum atomic E-state index is 11.2. The minimum atomic E-state index is -4.35. The average Bonchev–Trinajstić information content (AvgIpc) is 2.70. The standard InChI is InChI=1S/C7H6ClN5O5S/c8-19(17,18)5-3-12(11-7(5)13(15)16)4-6(14)10-2-1-9/h3H,2,4H2,(H,10,14). The van der Waals surface area contributed by atoms with Gasteiger partial charge in [0, 0.05) is 10.7 Å². The fourth-order valence-electron chi connectivity index (χ4n) is 1.11. The van der Waals surface area contributed by atoms with E-state index in [-0.39, 0.29) is 6.54 Å². The van der Waals surface area contributed by atoms with Crippen LogP contribution < -0.4 is 5.32 Å². The summed E-state index contributed by atoms with van der Waals surface area (Å²) in [6.45, 7) is -0.724. The summed E-state index contributed by atoms with van der Waals surface area (Å²) in [6.07, 6.45) is 0.770. The topological polar surface area (TPSA) is 148 Å². The number of halogens is 1. The molecule has 0 saturated carbocycles. The van der Waals surface area contributed by atoms with Gasteiger partial charge in [-0.25, -0.2) is 8.42 Å². The van der Waals surface area contributed by atoms with Gasteiger partial charge >= 0.3 is 5.82 Å². The molecule has 0 aliphatic carbocycles. The zero-order valence-electron chi connectivity index (χ0n) is 9.11. The average molecular weight is 308 g/mol. The number of nitriles is 1. The highest BCUT2D eigenvalue weighted by atomic mass is 35.7. The van der Waals surface area contributed by atoms with Gasteiger partial charge < -0.3 is 15.4 Å². The molecule has 0 bridgehead atoms. The van der Waals surface area contributed by atoms with Crippen molar-refractivity contribution in [2.24, 2.45) is 0 Å². The van der Waals surface area contributed by atoms with Crippen LogP contribution in [0.15, 0.2) is 11.1 Å². The lowest BCUT2D eigenvalue weighted by Gasteiger charge is -1.96. The van der Waals surface area contributed by atoms with Crippen molar-refractivity contribution in [2.75, 3.05) is 6.54 Å². The van der Waals surface area contributed by atoms with Gasteiger partial charge in [-0.3, -0.25) is 4.79 Å². The summed E-state index contributed by atoms with van der Waals surface area (Å²) in [6, 6.07) is 1.66. The summed E-state index contributed by atoms with van der Waals surface area (Å²) in [7, 11) is 0.665. The van der Waals surface area contributed by atoms with Crippen molar-refractivity contribution < 1.29 is 18.1 Å². The molecule has 1 aromatic heterocycles. The van der Waals surface area contributed by atoms with Gasteiger partial charge in [0.05, 0.1) is 17.4 Å². The Bertz CT molecular complexity index is 660. The van der Waals surface area contributed by atoms with E-state index in [1.54, 1.807) is 6.07 Å². The van der Waals surface area contributed by atoms with E-state index in [0.29, 0.717) is 0 Å². The number of aromatic nitrogens is 2. The molecule has 0 aromatic carbocycles. The van der Waals surface area contributed by atoms with Gasteiger partial charge in [0.2, 0.25) is 10.8 Å². The van der Waals surface area contributed by atoms with E-state index in [0.717, 1.165) is 10.9 Å². The molecule has 1 rings (SSSR count). The quantitative estimate of drug-likeness (QED) is 0.329. The molecule has 0 aliphatic heterocycles. The molecule has 1 N–H and O–H groups in total. The minimum Gasteiger partial charge on any atom is -0.358 e. The minimum absolute atomic E-state index is 0.247. The number of carbonyl (C=O) groups excluding carboxylic acids is 1. The highest BCUT2D eigenvalue weighted by Crippen LogP contribution is 2.24. The van der Waals surface area contributed by atoms with Gasteiger partial charge in [0.15, 0.2) is 0 Å². The molecule has 1 heterocycles. The van der Waals surface area contributed by atoms with E-state index in [4.69, 9.17) is 15.9 Å².